The summed E-state index contributed by atoms with van der Waals surface area (Å²) in [4.78, 5) is 6.82. The van der Waals surface area contributed by atoms with Crippen LogP contribution in [-0.4, -0.2) is 61.3 Å². The lowest BCUT2D eigenvalue weighted by Crippen LogP contribution is -2.39. The number of benzene rings is 4. The van der Waals surface area contributed by atoms with Gasteiger partial charge in [-0.1, -0.05) is 6.07 Å². The molecule has 248 valence electrons. The molecule has 1 aromatic heterocycles. The minimum absolute atomic E-state index is 0. The standard InChI is InChI=1S/C18H17NO4.C17H17NO4.2ClH/c1-10-13-9-18(23-3)17(22-2)8-12(13)6-14(19-10)11-4-5-15(20)16(21)7-11;19-14-2-1-9-5-13-11-7-16(21)15(20)6-10(11)3-4-18(13)8-12(9)17(14)22;;/h4-9,20-21H,1-3H3;1-2,6-7,13,19-22H,3-5,8H2;2*1H. The molecule has 10 nitrogen and oxygen atoms in total. The van der Waals surface area contributed by atoms with Gasteiger partial charge in [0.1, 0.15) is 0 Å². The number of hydrogen-bond acceptors (Lipinski definition) is 10. The molecule has 3 heterocycles. The van der Waals surface area contributed by atoms with Crippen molar-refractivity contribution in [1.82, 2.24) is 9.88 Å². The highest BCUT2D eigenvalue weighted by molar-refractivity contribution is 5.90. The number of aromatic nitrogens is 1. The van der Waals surface area contributed by atoms with Crippen molar-refractivity contribution in [2.45, 2.75) is 32.4 Å². The van der Waals surface area contributed by atoms with E-state index in [1.807, 2.05) is 31.2 Å². The van der Waals surface area contributed by atoms with Crippen LogP contribution in [0.15, 0.2) is 60.7 Å². The van der Waals surface area contributed by atoms with Crippen molar-refractivity contribution in [3.63, 3.8) is 0 Å². The van der Waals surface area contributed by atoms with Crippen LogP contribution in [0.4, 0.5) is 0 Å². The quantitative estimate of drug-likeness (QED) is 0.114. The van der Waals surface area contributed by atoms with Crippen molar-refractivity contribution < 1.29 is 40.1 Å². The van der Waals surface area contributed by atoms with E-state index in [1.165, 1.54) is 18.2 Å². The van der Waals surface area contributed by atoms with E-state index in [0.717, 1.165) is 57.2 Å². The SMILES string of the molecule is COc1cc2cc(-c3ccc(O)c(O)c3)nc(C)c2cc1OC.Cl.Cl.Oc1cc2c(cc1O)C1Cc3ccc(O)c(O)c3CN1CC2. The Morgan fingerprint density at radius 3 is 2.09 bits per heavy atom. The van der Waals surface area contributed by atoms with Gasteiger partial charge in [-0.05, 0) is 96.4 Å². The monoisotopic (exact) mass is 682 g/mol. The fraction of sp³-hybridized carbons (Fsp3) is 0.229. The van der Waals surface area contributed by atoms with Crippen molar-refractivity contribution >= 4 is 35.6 Å². The molecule has 0 saturated carbocycles. The molecule has 1 unspecified atom stereocenters. The minimum atomic E-state index is -0.172. The Labute approximate surface area is 283 Å². The van der Waals surface area contributed by atoms with Crippen LogP contribution in [-0.2, 0) is 19.4 Å². The van der Waals surface area contributed by atoms with Crippen LogP contribution < -0.4 is 9.47 Å². The van der Waals surface area contributed by atoms with Crippen LogP contribution in [0.2, 0.25) is 0 Å². The lowest BCUT2D eigenvalue weighted by atomic mass is 9.83. The number of aromatic hydroxyl groups is 6. The van der Waals surface area contributed by atoms with Crippen LogP contribution in [0.25, 0.3) is 22.0 Å². The normalized spacial score (nSPS) is 14.7. The molecule has 0 bridgehead atoms. The van der Waals surface area contributed by atoms with Crippen LogP contribution in [0, 0.1) is 6.92 Å². The molecular weight excluding hydrogens is 647 g/mol. The van der Waals surface area contributed by atoms with Crippen LogP contribution in [0.5, 0.6) is 46.0 Å². The molecule has 0 amide bonds. The highest BCUT2D eigenvalue weighted by atomic mass is 35.5. The zero-order valence-electron chi connectivity index (χ0n) is 25.9. The first-order valence-corrected chi connectivity index (χ1v) is 14.4. The highest BCUT2D eigenvalue weighted by Gasteiger charge is 2.34. The zero-order valence-corrected chi connectivity index (χ0v) is 27.5. The van der Waals surface area contributed by atoms with Gasteiger partial charge in [-0.3, -0.25) is 9.88 Å². The Balaban J connectivity index is 0.000000204. The first kappa shape index (κ1) is 35.1. The fourth-order valence-corrected chi connectivity index (χ4v) is 6.23. The third kappa shape index (κ3) is 6.58. The number of phenolic OH excluding ortho intramolecular Hbond substituents is 6. The topological polar surface area (TPSA) is 156 Å². The summed E-state index contributed by atoms with van der Waals surface area (Å²) in [5.74, 6) is 0.676. The van der Waals surface area contributed by atoms with Gasteiger partial charge in [-0.15, -0.1) is 24.8 Å². The van der Waals surface area contributed by atoms with Crippen molar-refractivity contribution in [2.24, 2.45) is 0 Å². The van der Waals surface area contributed by atoms with E-state index >= 15 is 0 Å². The molecule has 47 heavy (non-hydrogen) atoms. The van der Waals surface area contributed by atoms with Gasteiger partial charge >= 0.3 is 0 Å². The number of methoxy groups -OCH3 is 2. The lowest BCUT2D eigenvalue weighted by Gasteiger charge is -2.41. The number of phenols is 6. The number of nitrogens with zero attached hydrogens (tertiary/aromatic N) is 2. The number of fused-ring (bicyclic) bond motifs is 5. The van der Waals surface area contributed by atoms with Gasteiger partial charge < -0.3 is 40.1 Å². The summed E-state index contributed by atoms with van der Waals surface area (Å²) in [7, 11) is 3.19. The molecule has 7 rings (SSSR count). The summed E-state index contributed by atoms with van der Waals surface area (Å²) in [6.07, 6.45) is 1.50. The van der Waals surface area contributed by atoms with Gasteiger partial charge in [0.15, 0.2) is 46.0 Å². The highest BCUT2D eigenvalue weighted by Crippen LogP contribution is 2.45. The van der Waals surface area contributed by atoms with Crippen molar-refractivity contribution in [1.29, 1.82) is 0 Å². The summed E-state index contributed by atoms with van der Waals surface area (Å²) < 4.78 is 10.7. The molecule has 2 aliphatic rings. The van der Waals surface area contributed by atoms with Crippen LogP contribution in [0.3, 0.4) is 0 Å². The zero-order chi connectivity index (χ0) is 32.0. The Morgan fingerprint density at radius 1 is 0.723 bits per heavy atom. The van der Waals surface area contributed by atoms with Crippen molar-refractivity contribution in [3.8, 4) is 57.3 Å². The summed E-state index contributed by atoms with van der Waals surface area (Å²) in [6.45, 7) is 3.30. The van der Waals surface area contributed by atoms with Gasteiger partial charge in [0.25, 0.3) is 0 Å². The first-order valence-electron chi connectivity index (χ1n) is 14.4. The van der Waals surface area contributed by atoms with Crippen LogP contribution in [0.1, 0.15) is 34.0 Å². The number of hydrogen-bond donors (Lipinski definition) is 6. The Kier molecular flexibility index (Phi) is 10.4. The second kappa shape index (κ2) is 13.9. The van der Waals surface area contributed by atoms with E-state index in [1.54, 1.807) is 32.4 Å². The molecule has 0 fully saturated rings. The maximum atomic E-state index is 10.1. The Bertz CT molecular complexity index is 1950. The van der Waals surface area contributed by atoms with Gasteiger partial charge in [0.05, 0.1) is 19.9 Å². The number of rotatable bonds is 3. The van der Waals surface area contributed by atoms with E-state index in [9.17, 15) is 30.6 Å². The average Bonchev–Trinajstić information content (AvgIpc) is 3.04. The predicted molar refractivity (Wildman–Crippen MR) is 183 cm³/mol. The summed E-state index contributed by atoms with van der Waals surface area (Å²) in [6, 6.07) is 17.1. The summed E-state index contributed by atoms with van der Waals surface area (Å²) in [5.41, 5.74) is 6.14. The van der Waals surface area contributed by atoms with Gasteiger partial charge in [-0.25, -0.2) is 0 Å². The molecule has 5 aromatic rings. The largest absolute Gasteiger partial charge is 0.504 e. The maximum absolute atomic E-state index is 10.1. The van der Waals surface area contributed by atoms with Crippen LogP contribution >= 0.6 is 24.8 Å². The van der Waals surface area contributed by atoms with E-state index in [4.69, 9.17) is 9.47 Å². The van der Waals surface area contributed by atoms with Crippen molar-refractivity contribution in [2.75, 3.05) is 20.8 Å². The maximum Gasteiger partial charge on any atom is 0.162 e. The lowest BCUT2D eigenvalue weighted by molar-refractivity contribution is 0.157. The van der Waals surface area contributed by atoms with Gasteiger partial charge in [0.2, 0.25) is 0 Å². The Morgan fingerprint density at radius 2 is 1.38 bits per heavy atom. The molecule has 6 N–H and O–H groups in total. The molecule has 0 spiro atoms. The smallest absolute Gasteiger partial charge is 0.162 e. The molecule has 2 aliphatic heterocycles. The number of aryl methyl sites for hydroxylation is 1. The number of halogens is 2. The molecule has 0 radical (unpaired) electrons. The first-order chi connectivity index (χ1) is 21.6. The Hall–Kier alpha value is -4.77. The summed E-state index contributed by atoms with van der Waals surface area (Å²) in [5, 5.41) is 60.2. The number of pyridine rings is 1. The fourth-order valence-electron chi connectivity index (χ4n) is 6.23. The molecular formula is C35H36Cl2N2O8. The second-order valence-electron chi connectivity index (χ2n) is 11.3. The van der Waals surface area contributed by atoms with E-state index in [-0.39, 0.29) is 65.4 Å². The van der Waals surface area contributed by atoms with Gasteiger partial charge in [-0.2, -0.15) is 0 Å². The molecule has 0 saturated heterocycles. The van der Waals surface area contributed by atoms with E-state index < -0.39 is 0 Å². The summed E-state index contributed by atoms with van der Waals surface area (Å²) >= 11 is 0. The third-order valence-corrected chi connectivity index (χ3v) is 8.63. The van der Waals surface area contributed by atoms with Crippen molar-refractivity contribution in [3.05, 3.63) is 88.6 Å². The molecule has 0 aliphatic carbocycles. The minimum Gasteiger partial charge on any atom is -0.504 e. The van der Waals surface area contributed by atoms with E-state index in [2.05, 4.69) is 9.88 Å². The average molecular weight is 684 g/mol. The molecule has 12 heteroatoms. The molecule has 1 atom stereocenters. The molecule has 4 aromatic carbocycles. The third-order valence-electron chi connectivity index (χ3n) is 8.63. The van der Waals surface area contributed by atoms with E-state index in [0.29, 0.717) is 30.2 Å². The second-order valence-corrected chi connectivity index (χ2v) is 11.3. The number of ether oxygens (including phenoxy) is 2. The predicted octanol–water partition coefficient (Wildman–Crippen LogP) is 6.65. The van der Waals surface area contributed by atoms with Gasteiger partial charge in [0, 0.05) is 41.3 Å².